The Morgan fingerprint density at radius 2 is 1.97 bits per heavy atom. The van der Waals surface area contributed by atoms with Gasteiger partial charge in [-0.3, -0.25) is 19.2 Å². The minimum Gasteiger partial charge on any atom is -0.481 e. The van der Waals surface area contributed by atoms with Gasteiger partial charge in [-0.15, -0.1) is 0 Å². The van der Waals surface area contributed by atoms with E-state index in [1.54, 1.807) is 24.8 Å². The van der Waals surface area contributed by atoms with Crippen LogP contribution >= 0.6 is 0 Å². The summed E-state index contributed by atoms with van der Waals surface area (Å²) in [4.78, 5) is 54.2. The van der Waals surface area contributed by atoms with E-state index in [1.807, 2.05) is 0 Å². The third-order valence-corrected chi connectivity index (χ3v) is 6.92. The zero-order chi connectivity index (χ0) is 26.9. The number of amides is 3. The summed E-state index contributed by atoms with van der Waals surface area (Å²) in [6, 6.07) is 4.05. The van der Waals surface area contributed by atoms with Crippen LogP contribution in [0.3, 0.4) is 0 Å². The lowest BCUT2D eigenvalue weighted by Gasteiger charge is -2.32. The average molecular weight is 513 g/mol. The number of halogens is 1. The number of H-pyrrole nitrogens is 1. The molecule has 2 aromatic rings. The smallest absolute Gasteiger partial charge is 0.306 e. The van der Waals surface area contributed by atoms with E-state index in [0.29, 0.717) is 59.7 Å². The minimum atomic E-state index is -0.917. The summed E-state index contributed by atoms with van der Waals surface area (Å²) < 4.78 is 19.1. The number of hydrogen-bond acceptors (Lipinski definition) is 5. The molecule has 1 aromatic carbocycles. The molecular formula is C26H29FN4O6. The average Bonchev–Trinajstić information content (AvgIpc) is 3.33. The van der Waals surface area contributed by atoms with Gasteiger partial charge in [-0.1, -0.05) is 0 Å². The first kappa shape index (κ1) is 26.1. The predicted octanol–water partition coefficient (Wildman–Crippen LogP) is 2.33. The van der Waals surface area contributed by atoms with Gasteiger partial charge >= 0.3 is 5.97 Å². The normalized spacial score (nSPS) is 17.5. The Morgan fingerprint density at radius 3 is 2.62 bits per heavy atom. The standard InChI is InChI=1S/C26H29FN4O6/c1-13-20(11-18-17-10-16(27)4-5-19(17)30-23(18)32)29-14(2)22(13)24(33)28-12-21(37-3)25(34)31-8-6-15(7-9-31)26(35)36/h4-5,10-11,15,21,29H,6-9,12H2,1-3H3,(H,28,33)(H,30,32)(H,35,36)/b18-11-. The van der Waals surface area contributed by atoms with Gasteiger partial charge in [0.1, 0.15) is 5.82 Å². The number of likely N-dealkylation sites (tertiary alicyclic amines) is 1. The van der Waals surface area contributed by atoms with Crippen LogP contribution in [0.5, 0.6) is 0 Å². The third kappa shape index (κ3) is 5.26. The number of carboxylic acid groups (broad SMARTS) is 1. The molecule has 0 saturated carbocycles. The van der Waals surface area contributed by atoms with Crippen molar-refractivity contribution in [3.05, 3.63) is 52.1 Å². The molecule has 0 spiro atoms. The second kappa shape index (κ2) is 10.6. The second-order valence-electron chi connectivity index (χ2n) is 9.24. The van der Waals surface area contributed by atoms with Gasteiger partial charge in [-0.25, -0.2) is 4.39 Å². The number of fused-ring (bicyclic) bond motifs is 1. The fraction of sp³-hybridized carbons (Fsp3) is 0.385. The Morgan fingerprint density at radius 1 is 1.27 bits per heavy atom. The van der Waals surface area contributed by atoms with Crippen molar-refractivity contribution in [2.45, 2.75) is 32.8 Å². The van der Waals surface area contributed by atoms with Gasteiger partial charge < -0.3 is 30.4 Å². The lowest BCUT2D eigenvalue weighted by molar-refractivity contribution is -0.149. The molecule has 196 valence electrons. The topological polar surface area (TPSA) is 141 Å². The lowest BCUT2D eigenvalue weighted by Crippen LogP contribution is -2.49. The number of hydrogen-bond donors (Lipinski definition) is 4. The van der Waals surface area contributed by atoms with Crippen LogP contribution in [-0.4, -0.2) is 71.5 Å². The number of benzene rings is 1. The first-order chi connectivity index (χ1) is 17.6. The van der Waals surface area contributed by atoms with Gasteiger partial charge in [-0.2, -0.15) is 0 Å². The Balaban J connectivity index is 1.45. The number of nitrogens with zero attached hydrogens (tertiary/aromatic N) is 1. The molecule has 1 aromatic heterocycles. The highest BCUT2D eigenvalue weighted by atomic mass is 19.1. The van der Waals surface area contributed by atoms with E-state index in [9.17, 15) is 23.6 Å². The maximum absolute atomic E-state index is 13.8. The molecule has 2 aliphatic heterocycles. The van der Waals surface area contributed by atoms with Crippen LogP contribution in [0.25, 0.3) is 11.6 Å². The van der Waals surface area contributed by atoms with E-state index in [-0.39, 0.29) is 23.9 Å². The summed E-state index contributed by atoms with van der Waals surface area (Å²) in [6.07, 6.45) is 1.42. The zero-order valence-corrected chi connectivity index (χ0v) is 20.8. The first-order valence-electron chi connectivity index (χ1n) is 12.0. The number of carbonyl (C=O) groups excluding carboxylic acids is 3. The number of carboxylic acids is 1. The van der Waals surface area contributed by atoms with E-state index in [0.717, 1.165) is 0 Å². The largest absolute Gasteiger partial charge is 0.481 e. The number of rotatable bonds is 7. The SMILES string of the molecule is COC(CNC(=O)c1c(C)[nH]c(/C=C2\C(=O)Nc3ccc(F)cc32)c1C)C(=O)N1CCC(C(=O)O)CC1. The van der Waals surface area contributed by atoms with Crippen LogP contribution < -0.4 is 10.6 Å². The molecule has 1 fully saturated rings. The fourth-order valence-electron chi connectivity index (χ4n) is 4.80. The number of anilines is 1. The number of methoxy groups -OCH3 is 1. The molecule has 3 amide bonds. The summed E-state index contributed by atoms with van der Waals surface area (Å²) >= 11 is 0. The predicted molar refractivity (Wildman–Crippen MR) is 133 cm³/mol. The molecular weight excluding hydrogens is 483 g/mol. The fourth-order valence-corrected chi connectivity index (χ4v) is 4.80. The van der Waals surface area contributed by atoms with E-state index >= 15 is 0 Å². The highest BCUT2D eigenvalue weighted by Crippen LogP contribution is 2.34. The molecule has 1 unspecified atom stereocenters. The van der Waals surface area contributed by atoms with Gasteiger partial charge in [0.05, 0.1) is 23.6 Å². The van der Waals surface area contributed by atoms with Crippen molar-refractivity contribution < 1.29 is 33.4 Å². The summed E-state index contributed by atoms with van der Waals surface area (Å²) in [5.41, 5.74) is 3.30. The van der Waals surface area contributed by atoms with Crippen molar-refractivity contribution in [2.24, 2.45) is 5.92 Å². The number of ether oxygens (including phenoxy) is 1. The van der Waals surface area contributed by atoms with Gasteiger partial charge in [-0.05, 0) is 56.5 Å². The molecule has 37 heavy (non-hydrogen) atoms. The molecule has 11 heteroatoms. The number of nitrogens with one attached hydrogen (secondary N) is 3. The van der Waals surface area contributed by atoms with Gasteiger partial charge in [0, 0.05) is 42.8 Å². The van der Waals surface area contributed by atoms with E-state index < -0.39 is 29.7 Å². The Bertz CT molecular complexity index is 1290. The number of aryl methyl sites for hydroxylation is 1. The van der Waals surface area contributed by atoms with Crippen molar-refractivity contribution in [1.29, 1.82) is 0 Å². The molecule has 1 saturated heterocycles. The van der Waals surface area contributed by atoms with Gasteiger partial charge in [0.2, 0.25) is 0 Å². The summed E-state index contributed by atoms with van der Waals surface area (Å²) in [5.74, 6) is -2.88. The molecule has 1 atom stereocenters. The van der Waals surface area contributed by atoms with Gasteiger partial charge in [0.25, 0.3) is 17.7 Å². The number of carbonyl (C=O) groups is 4. The van der Waals surface area contributed by atoms with Crippen LogP contribution in [0.4, 0.5) is 10.1 Å². The number of aliphatic carboxylic acids is 1. The Kier molecular flexibility index (Phi) is 7.44. The van der Waals surface area contributed by atoms with Crippen molar-refractivity contribution in [1.82, 2.24) is 15.2 Å². The second-order valence-corrected chi connectivity index (χ2v) is 9.24. The quantitative estimate of drug-likeness (QED) is 0.420. The molecule has 0 aliphatic carbocycles. The van der Waals surface area contributed by atoms with Crippen LogP contribution in [0.1, 0.15) is 45.7 Å². The van der Waals surface area contributed by atoms with Crippen LogP contribution in [-0.2, 0) is 19.1 Å². The molecule has 4 N–H and O–H groups in total. The number of aromatic nitrogens is 1. The third-order valence-electron chi connectivity index (χ3n) is 6.92. The molecule has 10 nitrogen and oxygen atoms in total. The van der Waals surface area contributed by atoms with Crippen LogP contribution in [0.2, 0.25) is 0 Å². The highest BCUT2D eigenvalue weighted by Gasteiger charge is 2.31. The highest BCUT2D eigenvalue weighted by molar-refractivity contribution is 6.34. The summed E-state index contributed by atoms with van der Waals surface area (Å²) in [7, 11) is 1.38. The molecule has 0 bridgehead atoms. The molecule has 2 aliphatic rings. The maximum atomic E-state index is 13.8. The van der Waals surface area contributed by atoms with Crippen molar-refractivity contribution in [3.8, 4) is 0 Å². The molecule has 0 radical (unpaired) electrons. The van der Waals surface area contributed by atoms with E-state index in [2.05, 4.69) is 15.6 Å². The van der Waals surface area contributed by atoms with Crippen molar-refractivity contribution in [3.63, 3.8) is 0 Å². The molecule has 4 rings (SSSR count). The zero-order valence-electron chi connectivity index (χ0n) is 20.8. The van der Waals surface area contributed by atoms with Crippen LogP contribution in [0, 0.1) is 25.6 Å². The molecule has 3 heterocycles. The summed E-state index contributed by atoms with van der Waals surface area (Å²) in [5, 5.41) is 14.6. The maximum Gasteiger partial charge on any atom is 0.306 e. The minimum absolute atomic E-state index is 0.0669. The van der Waals surface area contributed by atoms with Gasteiger partial charge in [0.15, 0.2) is 6.10 Å². The first-order valence-corrected chi connectivity index (χ1v) is 12.0. The number of aromatic amines is 1. The monoisotopic (exact) mass is 512 g/mol. The lowest BCUT2D eigenvalue weighted by atomic mass is 9.97. The van der Waals surface area contributed by atoms with E-state index in [4.69, 9.17) is 9.84 Å². The van der Waals surface area contributed by atoms with Crippen molar-refractivity contribution >= 4 is 41.0 Å². The van der Waals surface area contributed by atoms with Crippen molar-refractivity contribution in [2.75, 3.05) is 32.1 Å². The van der Waals surface area contributed by atoms with Crippen LogP contribution in [0.15, 0.2) is 18.2 Å². The van der Waals surface area contributed by atoms with E-state index in [1.165, 1.54) is 25.3 Å². The number of piperidine rings is 1. The summed E-state index contributed by atoms with van der Waals surface area (Å²) in [6.45, 7) is 4.02. The Labute approximate surface area is 212 Å². The Hall–Kier alpha value is -3.99.